The summed E-state index contributed by atoms with van der Waals surface area (Å²) >= 11 is 0. The van der Waals surface area contributed by atoms with E-state index in [0.29, 0.717) is 13.0 Å². The first-order valence-corrected chi connectivity index (χ1v) is 7.61. The molecule has 2 rings (SSSR count). The third kappa shape index (κ3) is 3.23. The highest BCUT2D eigenvalue weighted by molar-refractivity contribution is 7.93. The monoisotopic (exact) mass is 303 g/mol. The first-order chi connectivity index (χ1) is 9.40. The average molecular weight is 303 g/mol. The molecule has 20 heavy (non-hydrogen) atoms. The first-order valence-electron chi connectivity index (χ1n) is 6.06. The largest absolute Gasteiger partial charge is 0.315 e. The Labute approximate surface area is 115 Å². The molecule has 2 N–H and O–H groups in total. The number of nitro groups is 1. The third-order valence-corrected chi connectivity index (χ3v) is 4.90. The normalized spacial score (nSPS) is 19.6. The maximum absolute atomic E-state index is 13.4. The smallest absolute Gasteiger partial charge is 0.304 e. The van der Waals surface area contributed by atoms with Crippen LogP contribution < -0.4 is 10.0 Å². The van der Waals surface area contributed by atoms with Gasteiger partial charge in [0, 0.05) is 18.7 Å². The van der Waals surface area contributed by atoms with Crippen LogP contribution in [0.4, 0.5) is 15.8 Å². The molecule has 0 spiro atoms. The van der Waals surface area contributed by atoms with E-state index in [2.05, 4.69) is 10.0 Å². The van der Waals surface area contributed by atoms with Gasteiger partial charge in [-0.05, 0) is 25.5 Å². The predicted molar refractivity (Wildman–Crippen MR) is 71.5 cm³/mol. The van der Waals surface area contributed by atoms with Crippen LogP contribution in [0.1, 0.15) is 12.8 Å². The van der Waals surface area contributed by atoms with Crippen molar-refractivity contribution in [2.75, 3.05) is 17.8 Å². The van der Waals surface area contributed by atoms with Crippen molar-refractivity contribution in [1.29, 1.82) is 0 Å². The topological polar surface area (TPSA) is 101 Å². The molecular weight excluding hydrogens is 289 g/mol. The second-order valence-electron chi connectivity index (χ2n) is 4.54. The lowest BCUT2D eigenvalue weighted by Gasteiger charge is -2.23. The van der Waals surface area contributed by atoms with E-state index >= 15 is 0 Å². The van der Waals surface area contributed by atoms with Crippen molar-refractivity contribution in [3.05, 3.63) is 34.1 Å². The quantitative estimate of drug-likeness (QED) is 0.643. The lowest BCUT2D eigenvalue weighted by atomic mass is 10.2. The molecule has 1 aromatic carbocycles. The molecule has 1 aliphatic rings. The molecule has 0 aromatic heterocycles. The van der Waals surface area contributed by atoms with Gasteiger partial charge in [-0.2, -0.15) is 4.39 Å². The Kier molecular flexibility index (Phi) is 4.19. The van der Waals surface area contributed by atoms with E-state index in [-0.39, 0.29) is 5.69 Å². The molecule has 1 heterocycles. The van der Waals surface area contributed by atoms with E-state index in [1.165, 1.54) is 6.07 Å². The molecule has 0 aliphatic carbocycles. The molecule has 9 heteroatoms. The number of nitro benzene ring substituents is 1. The number of hydrogen-bond donors (Lipinski definition) is 2. The van der Waals surface area contributed by atoms with Crippen LogP contribution in [0.3, 0.4) is 0 Å². The van der Waals surface area contributed by atoms with Gasteiger partial charge < -0.3 is 5.32 Å². The zero-order valence-electron chi connectivity index (χ0n) is 10.5. The summed E-state index contributed by atoms with van der Waals surface area (Å²) in [5.41, 5.74) is -0.703. The number of benzene rings is 1. The second-order valence-corrected chi connectivity index (χ2v) is 6.50. The van der Waals surface area contributed by atoms with E-state index in [4.69, 9.17) is 0 Å². The summed E-state index contributed by atoms with van der Waals surface area (Å²) in [5, 5.41) is 12.9. The maximum Gasteiger partial charge on any atom is 0.304 e. The highest BCUT2D eigenvalue weighted by Gasteiger charge is 2.27. The van der Waals surface area contributed by atoms with Crippen LogP contribution in [-0.4, -0.2) is 31.7 Å². The third-order valence-electron chi connectivity index (χ3n) is 3.09. The zero-order chi connectivity index (χ0) is 14.8. The Balaban J connectivity index is 2.17. The molecule has 0 bridgehead atoms. The number of piperidine rings is 1. The lowest BCUT2D eigenvalue weighted by Crippen LogP contribution is -2.41. The van der Waals surface area contributed by atoms with Crippen molar-refractivity contribution < 1.29 is 17.7 Å². The maximum atomic E-state index is 13.4. The van der Waals surface area contributed by atoms with Crippen LogP contribution in [0, 0.1) is 15.9 Å². The number of anilines is 1. The van der Waals surface area contributed by atoms with E-state index in [0.717, 1.165) is 25.1 Å². The van der Waals surface area contributed by atoms with Gasteiger partial charge in [-0.25, -0.2) is 8.42 Å². The van der Waals surface area contributed by atoms with Crippen LogP contribution in [0.5, 0.6) is 0 Å². The minimum absolute atomic E-state index is 0.0151. The van der Waals surface area contributed by atoms with Crippen molar-refractivity contribution in [1.82, 2.24) is 5.32 Å². The van der Waals surface area contributed by atoms with Gasteiger partial charge in [-0.3, -0.25) is 14.8 Å². The Morgan fingerprint density at radius 1 is 1.45 bits per heavy atom. The van der Waals surface area contributed by atoms with E-state index in [1.54, 1.807) is 0 Å². The number of hydrogen-bond acceptors (Lipinski definition) is 5. The van der Waals surface area contributed by atoms with Gasteiger partial charge in [0.25, 0.3) is 0 Å². The summed E-state index contributed by atoms with van der Waals surface area (Å²) in [6.45, 7) is 1.11. The molecule has 0 radical (unpaired) electrons. The molecule has 1 fully saturated rings. The predicted octanol–water partition coefficient (Wildman–Crippen LogP) is 1.23. The van der Waals surface area contributed by atoms with Gasteiger partial charge in [0.05, 0.1) is 15.9 Å². The summed E-state index contributed by atoms with van der Waals surface area (Å²) < 4.78 is 39.8. The first kappa shape index (κ1) is 14.7. The Hall–Kier alpha value is -1.74. The molecule has 1 saturated heterocycles. The van der Waals surface area contributed by atoms with Gasteiger partial charge >= 0.3 is 5.69 Å². The summed E-state index contributed by atoms with van der Waals surface area (Å²) in [4.78, 5) is 9.62. The summed E-state index contributed by atoms with van der Waals surface area (Å²) in [6.07, 6.45) is 1.28. The molecule has 1 unspecified atom stereocenters. The van der Waals surface area contributed by atoms with Gasteiger partial charge in [0.1, 0.15) is 0 Å². The second kappa shape index (κ2) is 5.71. The molecular formula is C11H14FN3O4S. The van der Waals surface area contributed by atoms with E-state index < -0.39 is 31.7 Å². The van der Waals surface area contributed by atoms with Crippen LogP contribution in [0.25, 0.3) is 0 Å². The fourth-order valence-corrected chi connectivity index (χ4v) is 3.49. The van der Waals surface area contributed by atoms with Crippen LogP contribution in [0.15, 0.2) is 18.2 Å². The minimum atomic E-state index is -3.64. The van der Waals surface area contributed by atoms with Crippen molar-refractivity contribution in [3.63, 3.8) is 0 Å². The summed E-state index contributed by atoms with van der Waals surface area (Å²) in [6, 6.07) is 2.92. The van der Waals surface area contributed by atoms with Crippen molar-refractivity contribution in [2.24, 2.45) is 0 Å². The number of nitrogens with zero attached hydrogens (tertiary/aromatic N) is 1. The molecule has 0 amide bonds. The Bertz CT molecular complexity index is 614. The fourth-order valence-electron chi connectivity index (χ4n) is 2.05. The molecule has 1 aliphatic heterocycles. The number of nitrogens with one attached hydrogen (secondary N) is 2. The fraction of sp³-hybridized carbons (Fsp3) is 0.455. The summed E-state index contributed by atoms with van der Waals surface area (Å²) in [7, 11) is -3.64. The number of rotatable bonds is 4. The average Bonchev–Trinajstić information content (AvgIpc) is 2.39. The van der Waals surface area contributed by atoms with Crippen molar-refractivity contribution >= 4 is 21.4 Å². The van der Waals surface area contributed by atoms with Gasteiger partial charge in [0.2, 0.25) is 15.8 Å². The van der Waals surface area contributed by atoms with Gasteiger partial charge in [-0.15, -0.1) is 0 Å². The molecule has 1 aromatic rings. The number of halogens is 1. The molecule has 110 valence electrons. The van der Waals surface area contributed by atoms with Crippen LogP contribution in [-0.2, 0) is 10.0 Å². The Morgan fingerprint density at radius 3 is 2.75 bits per heavy atom. The number of sulfonamides is 1. The van der Waals surface area contributed by atoms with Crippen LogP contribution >= 0.6 is 0 Å². The minimum Gasteiger partial charge on any atom is -0.315 e. The molecule has 1 atom stereocenters. The Morgan fingerprint density at radius 2 is 2.20 bits per heavy atom. The van der Waals surface area contributed by atoms with Gasteiger partial charge in [0.15, 0.2) is 0 Å². The van der Waals surface area contributed by atoms with Crippen molar-refractivity contribution in [3.8, 4) is 0 Å². The van der Waals surface area contributed by atoms with E-state index in [9.17, 15) is 22.9 Å². The SMILES string of the molecule is O=[N+]([O-])c1ccc(NS(=O)(=O)C2CCCNC2)cc1F. The van der Waals surface area contributed by atoms with Crippen LogP contribution in [0.2, 0.25) is 0 Å². The highest BCUT2D eigenvalue weighted by Crippen LogP contribution is 2.23. The lowest BCUT2D eigenvalue weighted by molar-refractivity contribution is -0.387. The highest BCUT2D eigenvalue weighted by atomic mass is 32.2. The zero-order valence-corrected chi connectivity index (χ0v) is 11.3. The standard InChI is InChI=1S/C11H14FN3O4S/c12-10-6-8(3-4-11(10)15(16)17)14-20(18,19)9-2-1-5-13-7-9/h3-4,6,9,13-14H,1-2,5,7H2. The van der Waals surface area contributed by atoms with E-state index in [1.807, 2.05) is 0 Å². The van der Waals surface area contributed by atoms with Gasteiger partial charge in [-0.1, -0.05) is 0 Å². The van der Waals surface area contributed by atoms with Crippen molar-refractivity contribution in [2.45, 2.75) is 18.1 Å². The molecule has 7 nitrogen and oxygen atoms in total. The molecule has 0 saturated carbocycles. The summed E-state index contributed by atoms with van der Waals surface area (Å²) in [5.74, 6) is -1.07.